The Labute approximate surface area is 214 Å². The molecule has 194 valence electrons. The lowest BCUT2D eigenvalue weighted by molar-refractivity contribution is -0.134. The third-order valence-corrected chi connectivity index (χ3v) is 6.79. The van der Waals surface area contributed by atoms with Gasteiger partial charge in [0, 0.05) is 32.4 Å². The van der Waals surface area contributed by atoms with Crippen LogP contribution in [0.4, 0.5) is 0 Å². The number of rotatable bonds is 16. The zero-order valence-corrected chi connectivity index (χ0v) is 22.2. The fourth-order valence-electron chi connectivity index (χ4n) is 4.14. The molecule has 7 nitrogen and oxygen atoms in total. The zero-order valence-electron chi connectivity index (χ0n) is 21.4. The Bertz CT molecular complexity index is 904. The number of halogens is 1. The first-order valence-electron chi connectivity index (χ1n) is 12.0. The minimum atomic E-state index is -0.331. The van der Waals surface area contributed by atoms with Crippen molar-refractivity contribution < 1.29 is 23.8 Å². The maximum Gasteiger partial charge on any atom is 0.293 e. The average Bonchev–Trinajstić information content (AvgIpc) is 3.49. The van der Waals surface area contributed by atoms with Crippen LogP contribution in [0.1, 0.15) is 51.5 Å². The highest BCUT2D eigenvalue weighted by molar-refractivity contribution is 6.32. The Morgan fingerprint density at radius 2 is 2.11 bits per heavy atom. The van der Waals surface area contributed by atoms with E-state index in [2.05, 4.69) is 35.8 Å². The molecule has 0 radical (unpaired) electrons. The highest BCUT2D eigenvalue weighted by atomic mass is 35.5. The molecule has 1 amide bonds. The van der Waals surface area contributed by atoms with Gasteiger partial charge in [-0.3, -0.25) is 9.59 Å². The smallest absolute Gasteiger partial charge is 0.293 e. The Kier molecular flexibility index (Phi) is 11.8. The van der Waals surface area contributed by atoms with Crippen molar-refractivity contribution in [1.29, 1.82) is 0 Å². The molecule has 1 fully saturated rings. The molecule has 2 rings (SSSR count). The molecule has 0 aromatic heterocycles. The number of allylic oxidation sites excluding steroid dienone is 3. The monoisotopic (exact) mass is 506 g/mol. The van der Waals surface area contributed by atoms with Gasteiger partial charge in [-0.2, -0.15) is 0 Å². The second-order valence-corrected chi connectivity index (χ2v) is 9.63. The Balaban J connectivity index is 1.84. The molecular formula is C27H39ClN2O5. The van der Waals surface area contributed by atoms with E-state index in [0.717, 1.165) is 18.4 Å². The number of nitrogens with one attached hydrogen (secondary N) is 2. The van der Waals surface area contributed by atoms with Crippen LogP contribution in [0, 0.1) is 0 Å². The van der Waals surface area contributed by atoms with Crippen LogP contribution in [0.3, 0.4) is 0 Å². The van der Waals surface area contributed by atoms with E-state index in [9.17, 15) is 9.59 Å². The minimum Gasteiger partial charge on any atom is -0.495 e. The van der Waals surface area contributed by atoms with Crippen LogP contribution < -0.4 is 15.4 Å². The lowest BCUT2D eigenvalue weighted by Gasteiger charge is -2.21. The molecule has 3 unspecified atom stereocenters. The summed E-state index contributed by atoms with van der Waals surface area (Å²) < 4.78 is 16.5. The highest BCUT2D eigenvalue weighted by Gasteiger charge is 2.52. The number of amides is 1. The summed E-state index contributed by atoms with van der Waals surface area (Å²) in [6.45, 7) is 4.60. The molecule has 1 aromatic carbocycles. The summed E-state index contributed by atoms with van der Waals surface area (Å²) in [6, 6.07) is 5.97. The molecule has 1 aromatic rings. The van der Waals surface area contributed by atoms with E-state index >= 15 is 0 Å². The van der Waals surface area contributed by atoms with Crippen molar-refractivity contribution >= 4 is 24.0 Å². The topological polar surface area (TPSA) is 89.2 Å². The molecule has 0 aliphatic carbocycles. The summed E-state index contributed by atoms with van der Waals surface area (Å²) in [5, 5.41) is 6.55. The van der Waals surface area contributed by atoms with E-state index in [-0.39, 0.29) is 29.8 Å². The van der Waals surface area contributed by atoms with Crippen LogP contribution in [0.15, 0.2) is 42.0 Å². The molecule has 1 heterocycles. The standard InChI is InChI=1S/C27H39ClN2O5/c1-19(14-20-10-11-23(28)24(15-20)33-5)8-6-7-9-21(29-3)16-22(34-18-31)17-25-27(2,35-25)13-12-26(32)30-4/h6-8,10-11,15,18,21-22,25,29H,9,12-14,16-17H2,1-5H3,(H,30,32)/b7-6+,19-8+/t21?,22?,25?,27-/m0/s1. The number of benzene rings is 1. The molecule has 35 heavy (non-hydrogen) atoms. The second kappa shape index (κ2) is 14.3. The van der Waals surface area contributed by atoms with E-state index in [1.54, 1.807) is 14.2 Å². The minimum absolute atomic E-state index is 0.000351. The molecular weight excluding hydrogens is 468 g/mol. The van der Waals surface area contributed by atoms with E-state index < -0.39 is 0 Å². The van der Waals surface area contributed by atoms with Crippen molar-refractivity contribution in [1.82, 2.24) is 10.6 Å². The van der Waals surface area contributed by atoms with E-state index in [4.69, 9.17) is 25.8 Å². The Hall–Kier alpha value is -2.35. The summed E-state index contributed by atoms with van der Waals surface area (Å²) in [5.74, 6) is 0.681. The van der Waals surface area contributed by atoms with Gasteiger partial charge in [-0.05, 0) is 57.9 Å². The van der Waals surface area contributed by atoms with Crippen LogP contribution in [0.5, 0.6) is 5.75 Å². The first kappa shape index (κ1) is 28.9. The molecule has 1 aliphatic heterocycles. The van der Waals surface area contributed by atoms with Crippen LogP contribution in [-0.4, -0.2) is 57.4 Å². The number of ether oxygens (including phenoxy) is 3. The van der Waals surface area contributed by atoms with Crippen molar-refractivity contribution in [2.45, 2.75) is 76.2 Å². The third kappa shape index (κ3) is 9.67. The van der Waals surface area contributed by atoms with Crippen molar-refractivity contribution in [3.63, 3.8) is 0 Å². The lowest BCUT2D eigenvalue weighted by atomic mass is 9.94. The normalized spacial score (nSPS) is 21.4. The maximum absolute atomic E-state index is 11.5. The van der Waals surface area contributed by atoms with Crippen molar-refractivity contribution in [2.75, 3.05) is 21.2 Å². The Morgan fingerprint density at radius 3 is 2.77 bits per heavy atom. The average molecular weight is 507 g/mol. The largest absolute Gasteiger partial charge is 0.495 e. The Morgan fingerprint density at radius 1 is 1.34 bits per heavy atom. The van der Waals surface area contributed by atoms with Crippen LogP contribution in [-0.2, 0) is 25.5 Å². The third-order valence-electron chi connectivity index (χ3n) is 6.48. The molecule has 1 aliphatic rings. The molecule has 0 spiro atoms. The van der Waals surface area contributed by atoms with Gasteiger partial charge in [0.05, 0.1) is 23.8 Å². The van der Waals surface area contributed by atoms with Crippen molar-refractivity contribution in [2.24, 2.45) is 0 Å². The molecule has 8 heteroatoms. The SMILES string of the molecule is CNC(=O)CC[C@]1(C)OC1CC(CC(C/C=C/C=C(\C)Cc1ccc(Cl)c(OC)c1)NC)OC=O. The number of carbonyl (C=O) groups excluding carboxylic acids is 2. The van der Waals surface area contributed by atoms with Gasteiger partial charge in [-0.25, -0.2) is 0 Å². The van der Waals surface area contributed by atoms with Gasteiger partial charge in [0.25, 0.3) is 6.47 Å². The summed E-state index contributed by atoms with van der Waals surface area (Å²) in [4.78, 5) is 22.6. The highest BCUT2D eigenvalue weighted by Crippen LogP contribution is 2.43. The predicted octanol–water partition coefficient (Wildman–Crippen LogP) is 4.38. The van der Waals surface area contributed by atoms with Gasteiger partial charge in [0.15, 0.2) is 0 Å². The van der Waals surface area contributed by atoms with E-state index in [1.807, 2.05) is 32.2 Å². The lowest BCUT2D eigenvalue weighted by Crippen LogP contribution is -2.32. The molecule has 2 N–H and O–H groups in total. The van der Waals surface area contributed by atoms with E-state index in [1.165, 1.54) is 5.57 Å². The molecule has 4 atom stereocenters. The first-order valence-corrected chi connectivity index (χ1v) is 12.4. The van der Waals surface area contributed by atoms with Crippen LogP contribution in [0.2, 0.25) is 5.02 Å². The number of methoxy groups -OCH3 is 1. The summed E-state index contributed by atoms with van der Waals surface area (Å²) in [5.41, 5.74) is 2.03. The first-order chi connectivity index (χ1) is 16.7. The van der Waals surface area contributed by atoms with Crippen molar-refractivity contribution in [3.05, 3.63) is 52.6 Å². The van der Waals surface area contributed by atoms with Gasteiger partial charge in [-0.15, -0.1) is 0 Å². The fraction of sp³-hybridized carbons (Fsp3) is 0.556. The number of epoxide rings is 1. The quantitative estimate of drug-likeness (QED) is 0.196. The van der Waals surface area contributed by atoms with E-state index in [0.29, 0.717) is 42.9 Å². The number of hydrogen-bond donors (Lipinski definition) is 2. The van der Waals surface area contributed by atoms with Gasteiger partial charge < -0.3 is 24.8 Å². The van der Waals surface area contributed by atoms with Crippen LogP contribution >= 0.6 is 11.6 Å². The van der Waals surface area contributed by atoms with Gasteiger partial charge in [-0.1, -0.05) is 41.5 Å². The van der Waals surface area contributed by atoms with Gasteiger partial charge in [0.2, 0.25) is 5.91 Å². The summed E-state index contributed by atoms with van der Waals surface area (Å²) >= 11 is 6.10. The van der Waals surface area contributed by atoms with Gasteiger partial charge in [0.1, 0.15) is 11.9 Å². The second-order valence-electron chi connectivity index (χ2n) is 9.23. The van der Waals surface area contributed by atoms with Crippen LogP contribution in [0.25, 0.3) is 0 Å². The molecule has 0 saturated carbocycles. The summed E-state index contributed by atoms with van der Waals surface area (Å²) in [7, 11) is 5.15. The van der Waals surface area contributed by atoms with Gasteiger partial charge >= 0.3 is 0 Å². The number of hydrogen-bond acceptors (Lipinski definition) is 6. The maximum atomic E-state index is 11.5. The zero-order chi connectivity index (χ0) is 25.8. The van der Waals surface area contributed by atoms with Crippen molar-refractivity contribution in [3.8, 4) is 5.75 Å². The fourth-order valence-corrected chi connectivity index (χ4v) is 4.33. The molecule has 1 saturated heterocycles. The summed E-state index contributed by atoms with van der Waals surface area (Å²) in [6.07, 6.45) is 9.99. The predicted molar refractivity (Wildman–Crippen MR) is 139 cm³/mol. The number of carbonyl (C=O) groups is 2. The molecule has 0 bridgehead atoms.